The summed E-state index contributed by atoms with van der Waals surface area (Å²) in [4.78, 5) is 28.8. The van der Waals surface area contributed by atoms with E-state index in [0.29, 0.717) is 12.5 Å². The maximum atomic E-state index is 13.4. The first-order valence-electron chi connectivity index (χ1n) is 10.7. The summed E-state index contributed by atoms with van der Waals surface area (Å²) < 4.78 is 0. The number of benzene rings is 1. The highest BCUT2D eigenvalue weighted by atomic mass is 16.2. The standard InChI is InChI=1S/C23H34N2O2/c1-4-5-16-25-22(27)19-11-7-6-10-18(19)20(23(25)13-8-9-14-23)21(26)24-15-12-17(2)3/h6-7,10-11,17,20H,4-5,8-9,12-16H2,1-3H3,(H,24,26). The molecule has 3 rings (SSSR count). The molecule has 1 saturated carbocycles. The molecule has 1 heterocycles. The van der Waals surface area contributed by atoms with Gasteiger partial charge in [-0.1, -0.05) is 58.2 Å². The lowest BCUT2D eigenvalue weighted by atomic mass is 9.71. The van der Waals surface area contributed by atoms with E-state index in [1.165, 1.54) is 0 Å². The van der Waals surface area contributed by atoms with Gasteiger partial charge in [-0.2, -0.15) is 0 Å². The van der Waals surface area contributed by atoms with E-state index >= 15 is 0 Å². The quantitative estimate of drug-likeness (QED) is 0.768. The van der Waals surface area contributed by atoms with Gasteiger partial charge in [0.05, 0.1) is 11.5 Å². The Labute approximate surface area is 163 Å². The second-order valence-electron chi connectivity index (χ2n) is 8.61. The molecule has 2 amide bonds. The number of hydrogen-bond donors (Lipinski definition) is 1. The van der Waals surface area contributed by atoms with Crippen LogP contribution >= 0.6 is 0 Å². The zero-order chi connectivity index (χ0) is 19.4. The third kappa shape index (κ3) is 3.76. The van der Waals surface area contributed by atoms with Crippen LogP contribution in [-0.2, 0) is 4.79 Å². The fraction of sp³-hybridized carbons (Fsp3) is 0.652. The van der Waals surface area contributed by atoms with Gasteiger partial charge in [-0.25, -0.2) is 0 Å². The van der Waals surface area contributed by atoms with Crippen LogP contribution in [0.15, 0.2) is 24.3 Å². The van der Waals surface area contributed by atoms with Crippen LogP contribution in [-0.4, -0.2) is 35.3 Å². The van der Waals surface area contributed by atoms with Crippen molar-refractivity contribution in [2.24, 2.45) is 5.92 Å². The molecule has 0 bridgehead atoms. The molecule has 27 heavy (non-hydrogen) atoms. The van der Waals surface area contributed by atoms with Crippen LogP contribution in [0.2, 0.25) is 0 Å². The lowest BCUT2D eigenvalue weighted by Gasteiger charge is -2.50. The molecule has 1 aromatic carbocycles. The highest BCUT2D eigenvalue weighted by Crippen LogP contribution is 2.50. The Balaban J connectivity index is 1.99. The van der Waals surface area contributed by atoms with Crippen molar-refractivity contribution in [1.29, 1.82) is 0 Å². The molecule has 2 aliphatic rings. The summed E-state index contributed by atoms with van der Waals surface area (Å²) in [7, 11) is 0. The van der Waals surface area contributed by atoms with Crippen molar-refractivity contribution < 1.29 is 9.59 Å². The Morgan fingerprint density at radius 1 is 1.26 bits per heavy atom. The molecule has 0 aromatic heterocycles. The van der Waals surface area contributed by atoms with Crippen LogP contribution in [0.3, 0.4) is 0 Å². The number of carbonyl (C=O) groups is 2. The largest absolute Gasteiger partial charge is 0.355 e. The number of hydrogen-bond acceptors (Lipinski definition) is 2. The third-order valence-electron chi connectivity index (χ3n) is 6.31. The monoisotopic (exact) mass is 370 g/mol. The van der Waals surface area contributed by atoms with Crippen molar-refractivity contribution in [2.75, 3.05) is 13.1 Å². The summed E-state index contributed by atoms with van der Waals surface area (Å²) in [6.45, 7) is 7.95. The highest BCUT2D eigenvalue weighted by molar-refractivity contribution is 6.02. The average molecular weight is 371 g/mol. The summed E-state index contributed by atoms with van der Waals surface area (Å²) in [5.41, 5.74) is 1.30. The van der Waals surface area contributed by atoms with E-state index in [0.717, 1.165) is 62.6 Å². The molecular weight excluding hydrogens is 336 g/mol. The van der Waals surface area contributed by atoms with Gasteiger partial charge in [-0.15, -0.1) is 0 Å². The van der Waals surface area contributed by atoms with Crippen molar-refractivity contribution >= 4 is 11.8 Å². The van der Waals surface area contributed by atoms with Gasteiger partial charge < -0.3 is 10.2 Å². The lowest BCUT2D eigenvalue weighted by Crippen LogP contribution is -2.60. The summed E-state index contributed by atoms with van der Waals surface area (Å²) in [6, 6.07) is 7.77. The highest BCUT2D eigenvalue weighted by Gasteiger charge is 2.55. The van der Waals surface area contributed by atoms with Crippen LogP contribution in [0.1, 0.15) is 87.6 Å². The van der Waals surface area contributed by atoms with Gasteiger partial charge in [0.1, 0.15) is 0 Å². The topological polar surface area (TPSA) is 49.4 Å². The maximum absolute atomic E-state index is 13.4. The normalized spacial score (nSPS) is 21.0. The minimum atomic E-state index is -0.345. The summed E-state index contributed by atoms with van der Waals surface area (Å²) in [6.07, 6.45) is 7.05. The average Bonchev–Trinajstić information content (AvgIpc) is 3.11. The van der Waals surface area contributed by atoms with Crippen molar-refractivity contribution in [3.05, 3.63) is 35.4 Å². The van der Waals surface area contributed by atoms with Crippen LogP contribution < -0.4 is 5.32 Å². The molecule has 148 valence electrons. The number of amides is 2. The Morgan fingerprint density at radius 3 is 2.63 bits per heavy atom. The molecule has 1 aliphatic heterocycles. The van der Waals surface area contributed by atoms with E-state index in [1.54, 1.807) is 0 Å². The van der Waals surface area contributed by atoms with Crippen molar-refractivity contribution in [2.45, 2.75) is 77.2 Å². The lowest BCUT2D eigenvalue weighted by molar-refractivity contribution is -0.126. The molecule has 4 heteroatoms. The van der Waals surface area contributed by atoms with Crippen molar-refractivity contribution in [3.63, 3.8) is 0 Å². The van der Waals surface area contributed by atoms with Crippen LogP contribution in [0, 0.1) is 5.92 Å². The fourth-order valence-electron chi connectivity index (χ4n) is 4.89. The van der Waals surface area contributed by atoms with Crippen molar-refractivity contribution in [3.8, 4) is 0 Å². The van der Waals surface area contributed by atoms with E-state index in [9.17, 15) is 9.59 Å². The predicted molar refractivity (Wildman–Crippen MR) is 109 cm³/mol. The Morgan fingerprint density at radius 2 is 1.96 bits per heavy atom. The first kappa shape index (κ1) is 19.9. The van der Waals surface area contributed by atoms with Crippen LogP contribution in [0.25, 0.3) is 0 Å². The number of nitrogens with zero attached hydrogens (tertiary/aromatic N) is 1. The molecule has 0 saturated heterocycles. The summed E-state index contributed by atoms with van der Waals surface area (Å²) in [5.74, 6) is 0.524. The molecular formula is C23H34N2O2. The number of rotatable bonds is 7. The minimum Gasteiger partial charge on any atom is -0.355 e. The number of unbranched alkanes of at least 4 members (excludes halogenated alkanes) is 1. The van der Waals surface area contributed by atoms with E-state index in [4.69, 9.17) is 0 Å². The molecule has 1 unspecified atom stereocenters. The van der Waals surface area contributed by atoms with Gasteiger partial charge in [0.25, 0.3) is 5.91 Å². The molecule has 1 atom stereocenters. The Bertz CT molecular complexity index is 677. The maximum Gasteiger partial charge on any atom is 0.254 e. The smallest absolute Gasteiger partial charge is 0.254 e. The molecule has 1 fully saturated rings. The van der Waals surface area contributed by atoms with Gasteiger partial charge in [0, 0.05) is 18.7 Å². The van der Waals surface area contributed by atoms with Gasteiger partial charge in [0.2, 0.25) is 5.91 Å². The second kappa shape index (κ2) is 8.45. The number of fused-ring (bicyclic) bond motifs is 1. The number of nitrogens with one attached hydrogen (secondary N) is 1. The molecule has 1 aliphatic carbocycles. The Kier molecular flexibility index (Phi) is 6.23. The molecule has 0 radical (unpaired) electrons. The van der Waals surface area contributed by atoms with E-state index in [2.05, 4.69) is 31.0 Å². The van der Waals surface area contributed by atoms with Gasteiger partial charge >= 0.3 is 0 Å². The summed E-state index contributed by atoms with van der Waals surface area (Å²) in [5, 5.41) is 3.19. The van der Waals surface area contributed by atoms with Crippen molar-refractivity contribution in [1.82, 2.24) is 10.2 Å². The van der Waals surface area contributed by atoms with Gasteiger partial charge in [0.15, 0.2) is 0 Å². The first-order chi connectivity index (χ1) is 13.0. The minimum absolute atomic E-state index is 0.0963. The van der Waals surface area contributed by atoms with Crippen LogP contribution in [0.5, 0.6) is 0 Å². The predicted octanol–water partition coefficient (Wildman–Crippen LogP) is 4.50. The molecule has 1 aromatic rings. The third-order valence-corrected chi connectivity index (χ3v) is 6.31. The SMILES string of the molecule is CCCCN1C(=O)c2ccccc2C(C(=O)NCCC(C)C)C12CCCC2. The van der Waals surface area contributed by atoms with E-state index < -0.39 is 0 Å². The number of carbonyl (C=O) groups excluding carboxylic acids is 2. The van der Waals surface area contributed by atoms with Crippen LogP contribution in [0.4, 0.5) is 0 Å². The fourth-order valence-corrected chi connectivity index (χ4v) is 4.89. The summed E-state index contributed by atoms with van der Waals surface area (Å²) >= 11 is 0. The molecule has 1 N–H and O–H groups in total. The van der Waals surface area contributed by atoms with Gasteiger partial charge in [-0.05, 0) is 43.2 Å². The van der Waals surface area contributed by atoms with Gasteiger partial charge in [-0.3, -0.25) is 9.59 Å². The zero-order valence-electron chi connectivity index (χ0n) is 17.1. The second-order valence-corrected chi connectivity index (χ2v) is 8.61. The van der Waals surface area contributed by atoms with E-state index in [1.807, 2.05) is 24.3 Å². The first-order valence-corrected chi connectivity index (χ1v) is 10.7. The van der Waals surface area contributed by atoms with E-state index in [-0.39, 0.29) is 23.3 Å². The molecule has 1 spiro atoms. The Hall–Kier alpha value is -1.84. The zero-order valence-corrected chi connectivity index (χ0v) is 17.1. The molecule has 4 nitrogen and oxygen atoms in total.